The molecule has 1 aromatic carbocycles. The number of rotatable bonds is 5. The highest BCUT2D eigenvalue weighted by Gasteiger charge is 2.22. The summed E-state index contributed by atoms with van der Waals surface area (Å²) in [5.74, 6) is 2.37. The van der Waals surface area contributed by atoms with Crippen molar-refractivity contribution in [1.82, 2.24) is 5.32 Å². The van der Waals surface area contributed by atoms with Crippen molar-refractivity contribution in [3.05, 3.63) is 28.8 Å². The Morgan fingerprint density at radius 3 is 2.79 bits per heavy atom. The smallest absolute Gasteiger partial charge is 0.137 e. The highest BCUT2D eigenvalue weighted by Crippen LogP contribution is 2.32. The Hall–Kier alpha value is -0.730. The van der Waals surface area contributed by atoms with Crippen molar-refractivity contribution in [2.24, 2.45) is 11.8 Å². The molecular weight excluding hydrogens is 258 g/mol. The monoisotopic (exact) mass is 279 g/mol. The molecule has 2 nitrogen and oxygen atoms in total. The minimum atomic E-state index is 0.753. The van der Waals surface area contributed by atoms with Gasteiger partial charge in [-0.1, -0.05) is 17.7 Å². The third-order valence-electron chi connectivity index (χ3n) is 4.09. The van der Waals surface area contributed by atoms with Crippen LogP contribution in [0.25, 0.3) is 0 Å². The summed E-state index contributed by atoms with van der Waals surface area (Å²) in [5.41, 5.74) is 1.33. The second kappa shape index (κ2) is 6.15. The fourth-order valence-corrected chi connectivity index (χ4v) is 2.97. The van der Waals surface area contributed by atoms with Crippen molar-refractivity contribution in [2.45, 2.75) is 32.1 Å². The molecule has 1 aliphatic carbocycles. The summed E-state index contributed by atoms with van der Waals surface area (Å²) in [6.45, 7) is 3.13. The molecule has 2 aliphatic rings. The molecule has 0 radical (unpaired) electrons. The van der Waals surface area contributed by atoms with Crippen LogP contribution in [0, 0.1) is 11.8 Å². The largest absolute Gasteiger partial charge is 0.492 e. The molecule has 3 rings (SSSR count). The van der Waals surface area contributed by atoms with Crippen LogP contribution < -0.4 is 10.1 Å². The summed E-state index contributed by atoms with van der Waals surface area (Å²) in [6.07, 6.45) is 6.36. The molecule has 1 N–H and O–H groups in total. The van der Waals surface area contributed by atoms with Crippen LogP contribution in [0.2, 0.25) is 5.02 Å². The van der Waals surface area contributed by atoms with Gasteiger partial charge in [-0.25, -0.2) is 0 Å². The lowest BCUT2D eigenvalue weighted by atomic mass is 9.92. The summed E-state index contributed by atoms with van der Waals surface area (Å²) < 4.78 is 5.76. The lowest BCUT2D eigenvalue weighted by Crippen LogP contribution is -2.30. The topological polar surface area (TPSA) is 21.3 Å². The zero-order valence-electron chi connectivity index (χ0n) is 11.3. The lowest BCUT2D eigenvalue weighted by molar-refractivity contribution is 0.300. The van der Waals surface area contributed by atoms with E-state index in [0.29, 0.717) is 0 Å². The molecule has 1 atom stereocenters. The van der Waals surface area contributed by atoms with Gasteiger partial charge in [0.1, 0.15) is 5.75 Å². The molecule has 104 valence electrons. The van der Waals surface area contributed by atoms with Crippen LogP contribution in [0.4, 0.5) is 0 Å². The number of nitrogens with one attached hydrogen (secondary N) is 1. The van der Waals surface area contributed by atoms with E-state index in [2.05, 4.69) is 17.4 Å². The van der Waals surface area contributed by atoms with Crippen LogP contribution >= 0.6 is 11.6 Å². The number of piperidine rings is 1. The standard InChI is InChI=1S/C16H22ClNO/c17-15-9-13(8-14-2-1-7-18-10-14)5-6-16(15)19-11-12-3-4-12/h5-6,9,12,14,18H,1-4,7-8,10-11H2. The van der Waals surface area contributed by atoms with Crippen LogP contribution in [-0.2, 0) is 6.42 Å². The van der Waals surface area contributed by atoms with Crippen molar-refractivity contribution < 1.29 is 4.74 Å². The highest BCUT2D eigenvalue weighted by molar-refractivity contribution is 6.32. The van der Waals surface area contributed by atoms with Crippen molar-refractivity contribution >= 4 is 11.6 Å². The van der Waals surface area contributed by atoms with Gasteiger partial charge in [-0.2, -0.15) is 0 Å². The SMILES string of the molecule is Clc1cc(CC2CCCNC2)ccc1OCC1CC1. The summed E-state index contributed by atoms with van der Waals surface area (Å²) in [6, 6.07) is 6.29. The van der Waals surface area contributed by atoms with Crippen molar-refractivity contribution in [3.63, 3.8) is 0 Å². The van der Waals surface area contributed by atoms with Gasteiger partial charge in [-0.3, -0.25) is 0 Å². The molecular formula is C16H22ClNO. The van der Waals surface area contributed by atoms with Gasteiger partial charge < -0.3 is 10.1 Å². The first-order valence-corrected chi connectivity index (χ1v) is 7.81. The first-order chi connectivity index (χ1) is 9.31. The van der Waals surface area contributed by atoms with Gasteiger partial charge in [0.05, 0.1) is 11.6 Å². The van der Waals surface area contributed by atoms with Crippen LogP contribution in [0.5, 0.6) is 5.75 Å². The molecule has 0 amide bonds. The quantitative estimate of drug-likeness (QED) is 0.888. The fourth-order valence-electron chi connectivity index (χ4n) is 2.71. The molecule has 1 aromatic rings. The molecule has 1 saturated carbocycles. The van der Waals surface area contributed by atoms with Gasteiger partial charge in [-0.05, 0) is 74.7 Å². The molecule has 1 unspecified atom stereocenters. The molecule has 1 heterocycles. The number of ether oxygens (including phenoxy) is 1. The maximum atomic E-state index is 6.31. The summed E-state index contributed by atoms with van der Waals surface area (Å²) in [5, 5.41) is 4.23. The van der Waals surface area contributed by atoms with E-state index >= 15 is 0 Å². The second-order valence-electron chi connectivity index (χ2n) is 5.94. The Bertz CT molecular complexity index is 425. The van der Waals surface area contributed by atoms with E-state index in [9.17, 15) is 0 Å². The molecule has 2 fully saturated rings. The molecule has 1 aliphatic heterocycles. The summed E-state index contributed by atoms with van der Waals surface area (Å²) >= 11 is 6.31. The summed E-state index contributed by atoms with van der Waals surface area (Å²) in [7, 11) is 0. The first-order valence-electron chi connectivity index (χ1n) is 7.43. The van der Waals surface area contributed by atoms with Crippen LogP contribution in [-0.4, -0.2) is 19.7 Å². The third kappa shape index (κ3) is 3.87. The van der Waals surface area contributed by atoms with Gasteiger partial charge >= 0.3 is 0 Å². The maximum Gasteiger partial charge on any atom is 0.137 e. The molecule has 0 aromatic heterocycles. The molecule has 19 heavy (non-hydrogen) atoms. The van der Waals surface area contributed by atoms with E-state index in [0.717, 1.165) is 42.2 Å². The minimum absolute atomic E-state index is 0.753. The minimum Gasteiger partial charge on any atom is -0.492 e. The first kappa shape index (κ1) is 13.3. The molecule has 3 heteroatoms. The van der Waals surface area contributed by atoms with Gasteiger partial charge in [0, 0.05) is 0 Å². The number of halogens is 1. The van der Waals surface area contributed by atoms with Crippen LogP contribution in [0.1, 0.15) is 31.2 Å². The van der Waals surface area contributed by atoms with Gasteiger partial charge in [0.25, 0.3) is 0 Å². The van der Waals surface area contributed by atoms with Gasteiger partial charge in [0.2, 0.25) is 0 Å². The number of hydrogen-bond acceptors (Lipinski definition) is 2. The van der Waals surface area contributed by atoms with Crippen molar-refractivity contribution in [3.8, 4) is 5.75 Å². The Kier molecular flexibility index (Phi) is 4.29. The average molecular weight is 280 g/mol. The predicted octanol–water partition coefficient (Wildman–Crippen LogP) is 3.67. The molecule has 0 spiro atoms. The number of hydrogen-bond donors (Lipinski definition) is 1. The zero-order chi connectivity index (χ0) is 13.1. The Morgan fingerprint density at radius 2 is 2.11 bits per heavy atom. The highest BCUT2D eigenvalue weighted by atomic mass is 35.5. The normalized spacial score (nSPS) is 23.3. The Morgan fingerprint density at radius 1 is 1.21 bits per heavy atom. The van der Waals surface area contributed by atoms with E-state index in [1.54, 1.807) is 0 Å². The van der Waals surface area contributed by atoms with Crippen molar-refractivity contribution in [2.75, 3.05) is 19.7 Å². The van der Waals surface area contributed by atoms with E-state index in [4.69, 9.17) is 16.3 Å². The van der Waals surface area contributed by atoms with Gasteiger partial charge in [0.15, 0.2) is 0 Å². The second-order valence-corrected chi connectivity index (χ2v) is 6.34. The maximum absolute atomic E-state index is 6.31. The predicted molar refractivity (Wildman–Crippen MR) is 79.0 cm³/mol. The third-order valence-corrected chi connectivity index (χ3v) is 4.39. The van der Waals surface area contributed by atoms with Crippen LogP contribution in [0.15, 0.2) is 18.2 Å². The van der Waals surface area contributed by atoms with Crippen LogP contribution in [0.3, 0.4) is 0 Å². The van der Waals surface area contributed by atoms with E-state index in [1.807, 2.05) is 6.07 Å². The Labute approximate surface area is 120 Å². The van der Waals surface area contributed by atoms with E-state index in [-0.39, 0.29) is 0 Å². The lowest BCUT2D eigenvalue weighted by Gasteiger charge is -2.22. The van der Waals surface area contributed by atoms with Crippen molar-refractivity contribution in [1.29, 1.82) is 0 Å². The number of benzene rings is 1. The van der Waals surface area contributed by atoms with E-state index < -0.39 is 0 Å². The average Bonchev–Trinajstić information content (AvgIpc) is 3.23. The van der Waals surface area contributed by atoms with Gasteiger partial charge in [-0.15, -0.1) is 0 Å². The zero-order valence-corrected chi connectivity index (χ0v) is 12.1. The van der Waals surface area contributed by atoms with E-state index in [1.165, 1.54) is 37.8 Å². The Balaban J connectivity index is 1.57. The summed E-state index contributed by atoms with van der Waals surface area (Å²) in [4.78, 5) is 0. The molecule has 1 saturated heterocycles. The molecule has 0 bridgehead atoms. The fraction of sp³-hybridized carbons (Fsp3) is 0.625.